The highest BCUT2D eigenvalue weighted by atomic mass is 35.5. The molecule has 1 aromatic carbocycles. The largest absolute Gasteiger partial charge is 0.314 e. The Hall–Kier alpha value is -0.570. The molecule has 3 heteroatoms. The smallest absolute Gasteiger partial charge is 0.0409 e. The predicted octanol–water partition coefficient (Wildman–Crippen LogP) is 4.50. The van der Waals surface area contributed by atoms with Gasteiger partial charge in [0.1, 0.15) is 0 Å². The number of hydrogen-bond acceptors (Lipinski definition) is 2. The van der Waals surface area contributed by atoms with Gasteiger partial charge in [-0.2, -0.15) is 0 Å². The summed E-state index contributed by atoms with van der Waals surface area (Å²) in [6, 6.07) is 9.37. The molecule has 0 saturated heterocycles. The van der Waals surface area contributed by atoms with Gasteiger partial charge in [0, 0.05) is 23.7 Å². The highest BCUT2D eigenvalue weighted by Gasteiger charge is 2.28. The van der Waals surface area contributed by atoms with Crippen LogP contribution in [0.15, 0.2) is 24.3 Å². The van der Waals surface area contributed by atoms with Crippen molar-refractivity contribution < 1.29 is 0 Å². The van der Waals surface area contributed by atoms with Gasteiger partial charge in [0.25, 0.3) is 0 Å². The molecule has 1 aromatic rings. The van der Waals surface area contributed by atoms with E-state index in [9.17, 15) is 0 Å². The lowest BCUT2D eigenvalue weighted by atomic mass is 10.0. The van der Waals surface area contributed by atoms with Crippen LogP contribution in [0.25, 0.3) is 0 Å². The fourth-order valence-electron chi connectivity index (χ4n) is 3.40. The molecule has 1 aliphatic rings. The molecule has 3 unspecified atom stereocenters. The SMILES string of the molecule is CCCNC1CCCC1CN(C)C(C)c1cccc(Cl)c1. The number of rotatable bonds is 7. The van der Waals surface area contributed by atoms with Gasteiger partial charge in [0.2, 0.25) is 0 Å². The van der Waals surface area contributed by atoms with Gasteiger partial charge < -0.3 is 5.32 Å². The van der Waals surface area contributed by atoms with Crippen molar-refractivity contribution in [2.45, 2.75) is 51.6 Å². The van der Waals surface area contributed by atoms with Crippen LogP contribution in [0.2, 0.25) is 5.02 Å². The first-order valence-corrected chi connectivity index (χ1v) is 8.68. The Morgan fingerprint density at radius 3 is 2.90 bits per heavy atom. The molecular formula is C18H29ClN2. The van der Waals surface area contributed by atoms with Gasteiger partial charge >= 0.3 is 0 Å². The molecule has 2 nitrogen and oxygen atoms in total. The maximum absolute atomic E-state index is 6.12. The van der Waals surface area contributed by atoms with Crippen LogP contribution in [0.3, 0.4) is 0 Å². The summed E-state index contributed by atoms with van der Waals surface area (Å²) < 4.78 is 0. The van der Waals surface area contributed by atoms with E-state index < -0.39 is 0 Å². The zero-order valence-electron chi connectivity index (χ0n) is 13.6. The van der Waals surface area contributed by atoms with E-state index in [4.69, 9.17) is 11.6 Å². The Kier molecular flexibility index (Phi) is 6.53. The third-order valence-corrected chi connectivity index (χ3v) is 5.07. The lowest BCUT2D eigenvalue weighted by Crippen LogP contribution is -2.39. The van der Waals surface area contributed by atoms with E-state index in [0.29, 0.717) is 12.1 Å². The maximum atomic E-state index is 6.12. The van der Waals surface area contributed by atoms with Crippen LogP contribution < -0.4 is 5.32 Å². The van der Waals surface area contributed by atoms with Crippen molar-refractivity contribution in [3.05, 3.63) is 34.9 Å². The highest BCUT2D eigenvalue weighted by molar-refractivity contribution is 6.30. The topological polar surface area (TPSA) is 15.3 Å². The number of nitrogens with one attached hydrogen (secondary N) is 1. The first-order valence-electron chi connectivity index (χ1n) is 8.31. The molecule has 3 atom stereocenters. The van der Waals surface area contributed by atoms with Crippen molar-refractivity contribution in [3.63, 3.8) is 0 Å². The number of halogens is 1. The Morgan fingerprint density at radius 2 is 2.19 bits per heavy atom. The molecule has 0 aromatic heterocycles. The lowest BCUT2D eigenvalue weighted by Gasteiger charge is -2.30. The fraction of sp³-hybridized carbons (Fsp3) is 0.667. The zero-order valence-corrected chi connectivity index (χ0v) is 14.4. The van der Waals surface area contributed by atoms with Crippen molar-refractivity contribution >= 4 is 11.6 Å². The van der Waals surface area contributed by atoms with Crippen LogP contribution in [0.1, 0.15) is 51.1 Å². The summed E-state index contributed by atoms with van der Waals surface area (Å²) in [5, 5.41) is 4.56. The van der Waals surface area contributed by atoms with Crippen LogP contribution in [-0.2, 0) is 0 Å². The van der Waals surface area contributed by atoms with Crippen LogP contribution in [0, 0.1) is 5.92 Å². The minimum atomic E-state index is 0.413. The number of benzene rings is 1. The molecule has 1 fully saturated rings. The Morgan fingerprint density at radius 1 is 1.38 bits per heavy atom. The number of hydrogen-bond donors (Lipinski definition) is 1. The van der Waals surface area contributed by atoms with E-state index in [-0.39, 0.29) is 0 Å². The molecule has 0 heterocycles. The van der Waals surface area contributed by atoms with E-state index in [1.807, 2.05) is 12.1 Å². The average Bonchev–Trinajstić information content (AvgIpc) is 2.91. The minimum Gasteiger partial charge on any atom is -0.314 e. The quantitative estimate of drug-likeness (QED) is 0.798. The van der Waals surface area contributed by atoms with Gasteiger partial charge in [-0.3, -0.25) is 4.90 Å². The van der Waals surface area contributed by atoms with E-state index in [0.717, 1.165) is 24.0 Å². The predicted molar refractivity (Wildman–Crippen MR) is 91.9 cm³/mol. The summed E-state index contributed by atoms with van der Waals surface area (Å²) in [6.45, 7) is 6.82. The second-order valence-electron chi connectivity index (χ2n) is 6.42. The minimum absolute atomic E-state index is 0.413. The van der Waals surface area contributed by atoms with Gasteiger partial charge in [-0.1, -0.05) is 37.1 Å². The van der Waals surface area contributed by atoms with Crippen LogP contribution in [0.5, 0.6) is 0 Å². The Bertz CT molecular complexity index is 435. The molecule has 0 amide bonds. The van der Waals surface area contributed by atoms with Crippen LogP contribution >= 0.6 is 11.6 Å². The van der Waals surface area contributed by atoms with Gasteiger partial charge in [0.05, 0.1) is 0 Å². The normalized spacial score (nSPS) is 23.7. The summed E-state index contributed by atoms with van der Waals surface area (Å²) >= 11 is 6.12. The summed E-state index contributed by atoms with van der Waals surface area (Å²) in [5.74, 6) is 0.781. The van der Waals surface area contributed by atoms with E-state index >= 15 is 0 Å². The van der Waals surface area contributed by atoms with E-state index in [1.54, 1.807) is 0 Å². The maximum Gasteiger partial charge on any atom is 0.0409 e. The summed E-state index contributed by atoms with van der Waals surface area (Å²) in [4.78, 5) is 2.47. The zero-order chi connectivity index (χ0) is 15.2. The third-order valence-electron chi connectivity index (χ3n) is 4.83. The second kappa shape index (κ2) is 8.17. The van der Waals surface area contributed by atoms with Gasteiger partial charge in [-0.25, -0.2) is 0 Å². The summed E-state index contributed by atoms with van der Waals surface area (Å²) in [6.07, 6.45) is 5.28. The lowest BCUT2D eigenvalue weighted by molar-refractivity contribution is 0.204. The van der Waals surface area contributed by atoms with E-state index in [1.165, 1.54) is 31.2 Å². The molecular weight excluding hydrogens is 280 g/mol. The average molecular weight is 309 g/mol. The van der Waals surface area contributed by atoms with Gasteiger partial charge in [-0.05, 0) is 63.4 Å². The van der Waals surface area contributed by atoms with Crippen LogP contribution in [0.4, 0.5) is 0 Å². The van der Waals surface area contributed by atoms with Gasteiger partial charge in [-0.15, -0.1) is 0 Å². The first kappa shape index (κ1) is 16.8. The van der Waals surface area contributed by atoms with Crippen molar-refractivity contribution in [2.75, 3.05) is 20.1 Å². The van der Waals surface area contributed by atoms with Crippen molar-refractivity contribution in [3.8, 4) is 0 Å². The summed E-state index contributed by atoms with van der Waals surface area (Å²) in [7, 11) is 2.24. The molecule has 0 spiro atoms. The molecule has 1 N–H and O–H groups in total. The first-order chi connectivity index (χ1) is 10.1. The molecule has 0 aliphatic heterocycles. The molecule has 21 heavy (non-hydrogen) atoms. The van der Waals surface area contributed by atoms with Crippen molar-refractivity contribution in [1.82, 2.24) is 10.2 Å². The molecule has 118 valence electrons. The molecule has 1 aliphatic carbocycles. The number of nitrogens with zero attached hydrogens (tertiary/aromatic N) is 1. The summed E-state index contributed by atoms with van der Waals surface area (Å²) in [5.41, 5.74) is 1.31. The molecule has 2 rings (SSSR count). The van der Waals surface area contributed by atoms with E-state index in [2.05, 4.69) is 43.2 Å². The van der Waals surface area contributed by atoms with Crippen molar-refractivity contribution in [1.29, 1.82) is 0 Å². The van der Waals surface area contributed by atoms with Crippen molar-refractivity contribution in [2.24, 2.45) is 5.92 Å². The standard InChI is InChI=1S/C18H29ClN2/c1-4-11-20-18-10-6-8-16(18)13-21(3)14(2)15-7-5-9-17(19)12-15/h5,7,9,12,14,16,18,20H,4,6,8,10-11,13H2,1-3H3. The monoisotopic (exact) mass is 308 g/mol. The highest BCUT2D eigenvalue weighted by Crippen LogP contribution is 2.29. The fourth-order valence-corrected chi connectivity index (χ4v) is 3.60. The molecule has 0 bridgehead atoms. The van der Waals surface area contributed by atoms with Gasteiger partial charge in [0.15, 0.2) is 0 Å². The Balaban J connectivity index is 1.92. The molecule has 0 radical (unpaired) electrons. The third kappa shape index (κ3) is 4.70. The molecule has 1 saturated carbocycles. The Labute approximate surface area is 134 Å². The van der Waals surface area contributed by atoms with Crippen LogP contribution in [-0.4, -0.2) is 31.1 Å². The second-order valence-corrected chi connectivity index (χ2v) is 6.86.